The summed E-state index contributed by atoms with van der Waals surface area (Å²) in [5.41, 5.74) is 0.941. The van der Waals surface area contributed by atoms with E-state index in [1.54, 1.807) is 6.07 Å². The molecule has 0 bridgehead atoms. The number of anilines is 1. The van der Waals surface area contributed by atoms with Crippen LogP contribution in [0, 0.1) is 16.0 Å². The third-order valence-corrected chi connectivity index (χ3v) is 3.49. The van der Waals surface area contributed by atoms with Gasteiger partial charge in [-0.2, -0.15) is 0 Å². The minimum absolute atomic E-state index is 0.192. The maximum Gasteiger partial charge on any atom is 0.293 e. The van der Waals surface area contributed by atoms with Gasteiger partial charge in [0, 0.05) is 23.1 Å². The van der Waals surface area contributed by atoms with Crippen molar-refractivity contribution in [2.45, 2.75) is 32.7 Å². The van der Waals surface area contributed by atoms with Crippen molar-refractivity contribution in [1.82, 2.24) is 0 Å². The van der Waals surface area contributed by atoms with Crippen LogP contribution in [0.15, 0.2) is 22.7 Å². The normalized spacial score (nSPS) is 14.9. The first-order valence-electron chi connectivity index (χ1n) is 6.19. The minimum Gasteiger partial charge on any atom is -0.363 e. The third kappa shape index (κ3) is 3.02. The van der Waals surface area contributed by atoms with Crippen molar-refractivity contribution in [3.8, 4) is 0 Å². The van der Waals surface area contributed by atoms with E-state index in [0.29, 0.717) is 12.0 Å². The van der Waals surface area contributed by atoms with Crippen LogP contribution in [0.25, 0.3) is 0 Å². The second-order valence-electron chi connectivity index (χ2n) is 5.17. The van der Waals surface area contributed by atoms with Crippen molar-refractivity contribution in [2.75, 3.05) is 11.4 Å². The molecule has 18 heavy (non-hydrogen) atoms. The lowest BCUT2D eigenvalue weighted by atomic mass is 10.1. The Labute approximate surface area is 115 Å². The fourth-order valence-electron chi connectivity index (χ4n) is 2.11. The van der Waals surface area contributed by atoms with E-state index in [1.165, 1.54) is 0 Å². The van der Waals surface area contributed by atoms with Crippen molar-refractivity contribution >= 4 is 27.3 Å². The Balaban J connectivity index is 2.37. The highest BCUT2D eigenvalue weighted by molar-refractivity contribution is 9.10. The molecule has 1 saturated carbocycles. The zero-order chi connectivity index (χ0) is 13.3. The quantitative estimate of drug-likeness (QED) is 0.610. The van der Waals surface area contributed by atoms with Gasteiger partial charge in [0.05, 0.1) is 4.92 Å². The fourth-order valence-corrected chi connectivity index (χ4v) is 2.46. The van der Waals surface area contributed by atoms with E-state index in [0.717, 1.165) is 29.5 Å². The lowest BCUT2D eigenvalue weighted by molar-refractivity contribution is -0.384. The summed E-state index contributed by atoms with van der Waals surface area (Å²) in [6, 6.07) is 5.79. The lowest BCUT2D eigenvalue weighted by Gasteiger charge is -2.26. The molecule has 4 nitrogen and oxygen atoms in total. The Bertz CT molecular complexity index is 458. The van der Waals surface area contributed by atoms with Crippen LogP contribution < -0.4 is 4.90 Å². The van der Waals surface area contributed by atoms with E-state index in [4.69, 9.17) is 0 Å². The monoisotopic (exact) mass is 312 g/mol. The molecule has 1 aliphatic carbocycles. The number of hydrogen-bond acceptors (Lipinski definition) is 3. The predicted molar refractivity (Wildman–Crippen MR) is 76.0 cm³/mol. The van der Waals surface area contributed by atoms with Crippen molar-refractivity contribution < 1.29 is 4.92 Å². The van der Waals surface area contributed by atoms with E-state index in [-0.39, 0.29) is 10.6 Å². The van der Waals surface area contributed by atoms with Gasteiger partial charge in [0.1, 0.15) is 5.69 Å². The van der Waals surface area contributed by atoms with E-state index < -0.39 is 0 Å². The van der Waals surface area contributed by atoms with Crippen LogP contribution in [0.3, 0.4) is 0 Å². The number of hydrogen-bond donors (Lipinski definition) is 0. The minimum atomic E-state index is -0.296. The molecule has 0 saturated heterocycles. The van der Waals surface area contributed by atoms with Gasteiger partial charge in [0.2, 0.25) is 0 Å². The predicted octanol–water partition coefficient (Wildman–Crippen LogP) is 3.98. The fraction of sp³-hybridized carbons (Fsp3) is 0.538. The van der Waals surface area contributed by atoms with Crippen LogP contribution in [0.1, 0.15) is 26.7 Å². The second kappa shape index (κ2) is 5.26. The number of nitro benzene ring substituents is 1. The van der Waals surface area contributed by atoms with Crippen LogP contribution in [-0.4, -0.2) is 17.5 Å². The molecule has 0 radical (unpaired) electrons. The summed E-state index contributed by atoms with van der Waals surface area (Å²) in [7, 11) is 0. The molecule has 1 aliphatic rings. The molecule has 2 rings (SSSR count). The standard InChI is InChI=1S/C13H17BrN2O2/c1-9(2)8-15(11-4-5-11)12-6-3-10(14)7-13(12)16(17)18/h3,6-7,9,11H,4-5,8H2,1-2H3. The number of benzene rings is 1. The highest BCUT2D eigenvalue weighted by atomic mass is 79.9. The summed E-state index contributed by atoms with van der Waals surface area (Å²) in [6.45, 7) is 5.15. The third-order valence-electron chi connectivity index (χ3n) is 2.99. The molecule has 0 aliphatic heterocycles. The lowest BCUT2D eigenvalue weighted by Crippen LogP contribution is -2.30. The van der Waals surface area contributed by atoms with Gasteiger partial charge in [-0.15, -0.1) is 0 Å². The first-order chi connectivity index (χ1) is 8.49. The Morgan fingerprint density at radius 3 is 2.67 bits per heavy atom. The molecule has 1 aromatic carbocycles. The molecule has 0 N–H and O–H groups in total. The highest BCUT2D eigenvalue weighted by Crippen LogP contribution is 2.38. The number of rotatable bonds is 5. The second-order valence-corrected chi connectivity index (χ2v) is 6.08. The summed E-state index contributed by atoms with van der Waals surface area (Å²) in [5, 5.41) is 11.2. The molecule has 0 aromatic heterocycles. The summed E-state index contributed by atoms with van der Waals surface area (Å²) in [5.74, 6) is 0.494. The maximum absolute atomic E-state index is 11.2. The Morgan fingerprint density at radius 2 is 2.17 bits per heavy atom. The average molecular weight is 313 g/mol. The molecular formula is C13H17BrN2O2. The van der Waals surface area contributed by atoms with E-state index in [9.17, 15) is 10.1 Å². The molecule has 1 aromatic rings. The van der Waals surface area contributed by atoms with Gasteiger partial charge in [0.15, 0.2) is 0 Å². The van der Waals surface area contributed by atoms with Gasteiger partial charge in [-0.3, -0.25) is 10.1 Å². The van der Waals surface area contributed by atoms with Crippen molar-refractivity contribution in [1.29, 1.82) is 0 Å². The summed E-state index contributed by atoms with van der Waals surface area (Å²) >= 11 is 3.29. The Hall–Kier alpha value is -1.10. The van der Waals surface area contributed by atoms with E-state index in [2.05, 4.69) is 34.7 Å². The summed E-state index contributed by atoms with van der Waals surface area (Å²) < 4.78 is 0.748. The van der Waals surface area contributed by atoms with Crippen molar-refractivity contribution in [2.24, 2.45) is 5.92 Å². The van der Waals surface area contributed by atoms with Gasteiger partial charge in [-0.25, -0.2) is 0 Å². The smallest absolute Gasteiger partial charge is 0.293 e. The number of nitro groups is 1. The van der Waals surface area contributed by atoms with Gasteiger partial charge in [-0.05, 0) is 30.9 Å². The molecule has 5 heteroatoms. The van der Waals surface area contributed by atoms with E-state index in [1.807, 2.05) is 12.1 Å². The average Bonchev–Trinajstić information content (AvgIpc) is 3.09. The number of nitrogens with zero attached hydrogens (tertiary/aromatic N) is 2. The number of halogens is 1. The molecule has 0 spiro atoms. The van der Waals surface area contributed by atoms with Gasteiger partial charge in [-0.1, -0.05) is 29.8 Å². The zero-order valence-corrected chi connectivity index (χ0v) is 12.2. The van der Waals surface area contributed by atoms with Crippen LogP contribution in [0.2, 0.25) is 0 Å². The molecule has 98 valence electrons. The topological polar surface area (TPSA) is 46.4 Å². The van der Waals surface area contributed by atoms with Crippen molar-refractivity contribution in [3.05, 3.63) is 32.8 Å². The van der Waals surface area contributed by atoms with Crippen LogP contribution >= 0.6 is 15.9 Å². The van der Waals surface area contributed by atoms with Gasteiger partial charge in [0.25, 0.3) is 5.69 Å². The maximum atomic E-state index is 11.2. The molecule has 0 amide bonds. The first-order valence-corrected chi connectivity index (χ1v) is 6.99. The molecular weight excluding hydrogens is 296 g/mol. The Kier molecular flexibility index (Phi) is 3.90. The summed E-state index contributed by atoms with van der Waals surface area (Å²) in [4.78, 5) is 13.1. The van der Waals surface area contributed by atoms with Crippen LogP contribution in [0.5, 0.6) is 0 Å². The zero-order valence-electron chi connectivity index (χ0n) is 10.6. The molecule has 0 unspecified atom stereocenters. The first kappa shape index (κ1) is 13.3. The van der Waals surface area contributed by atoms with Crippen molar-refractivity contribution in [3.63, 3.8) is 0 Å². The largest absolute Gasteiger partial charge is 0.363 e. The molecule has 0 atom stereocenters. The van der Waals surface area contributed by atoms with Gasteiger partial charge >= 0.3 is 0 Å². The van der Waals surface area contributed by atoms with Crippen LogP contribution in [-0.2, 0) is 0 Å². The molecule has 0 heterocycles. The van der Waals surface area contributed by atoms with Crippen LogP contribution in [0.4, 0.5) is 11.4 Å². The molecule has 1 fully saturated rings. The SMILES string of the molecule is CC(C)CN(c1ccc(Br)cc1[N+](=O)[O-])C1CC1. The highest BCUT2D eigenvalue weighted by Gasteiger charge is 2.33. The van der Waals surface area contributed by atoms with Gasteiger partial charge < -0.3 is 4.90 Å². The Morgan fingerprint density at radius 1 is 1.50 bits per heavy atom. The summed E-state index contributed by atoms with van der Waals surface area (Å²) in [6.07, 6.45) is 2.28. The van der Waals surface area contributed by atoms with E-state index >= 15 is 0 Å².